The van der Waals surface area contributed by atoms with Gasteiger partial charge in [0.15, 0.2) is 17.3 Å². The lowest BCUT2D eigenvalue weighted by Gasteiger charge is -2.33. The van der Waals surface area contributed by atoms with Crippen LogP contribution in [0.25, 0.3) is 0 Å². The van der Waals surface area contributed by atoms with Crippen molar-refractivity contribution < 1.29 is 19.0 Å². The predicted octanol–water partition coefficient (Wildman–Crippen LogP) is 5.25. The topological polar surface area (TPSA) is 44.8 Å². The Morgan fingerprint density at radius 3 is 2.10 bits per heavy atom. The van der Waals surface area contributed by atoms with Crippen LogP contribution in [-0.2, 0) is 5.41 Å². The van der Waals surface area contributed by atoms with E-state index in [1.165, 1.54) is 5.56 Å². The number of hydrogen-bond acceptors (Lipinski definition) is 4. The van der Waals surface area contributed by atoms with Gasteiger partial charge < -0.3 is 14.2 Å². The number of ketones is 1. The summed E-state index contributed by atoms with van der Waals surface area (Å²) in [5.41, 5.74) is 5.35. The molecule has 4 heteroatoms. The second-order valence-corrected chi connectivity index (χ2v) is 7.76. The van der Waals surface area contributed by atoms with Gasteiger partial charge in [0.1, 0.15) is 0 Å². The molecule has 0 N–H and O–H groups in total. The molecule has 154 valence electrons. The molecule has 30 heavy (non-hydrogen) atoms. The Balaban J connectivity index is 2.15. The number of rotatable bonds is 5. The van der Waals surface area contributed by atoms with E-state index in [4.69, 9.17) is 14.2 Å². The third-order valence-electron chi connectivity index (χ3n) is 6.10. The van der Waals surface area contributed by atoms with Crippen molar-refractivity contribution in [3.63, 3.8) is 0 Å². The molecular weight excluding hydrogens is 376 g/mol. The molecule has 0 aromatic heterocycles. The second kappa shape index (κ2) is 7.52. The summed E-state index contributed by atoms with van der Waals surface area (Å²) < 4.78 is 16.9. The number of fused-ring (bicyclic) bond motifs is 1. The molecule has 4 rings (SSSR count). The monoisotopic (exact) mass is 402 g/mol. The first-order valence-electron chi connectivity index (χ1n) is 9.97. The summed E-state index contributed by atoms with van der Waals surface area (Å²) in [7, 11) is 4.72. The summed E-state index contributed by atoms with van der Waals surface area (Å²) in [5, 5.41) is 0. The highest BCUT2D eigenvalue weighted by molar-refractivity contribution is 6.07. The zero-order valence-corrected chi connectivity index (χ0v) is 18.0. The first-order chi connectivity index (χ1) is 14.5. The molecule has 0 spiro atoms. The normalized spacial score (nSPS) is 17.6. The maximum atomic E-state index is 13.5. The number of carbonyl (C=O) groups is 1. The molecule has 1 unspecified atom stereocenters. The summed E-state index contributed by atoms with van der Waals surface area (Å²) in [6, 6.07) is 18.6. The maximum Gasteiger partial charge on any atom is 0.204 e. The van der Waals surface area contributed by atoms with Crippen molar-refractivity contribution in [2.24, 2.45) is 0 Å². The highest BCUT2D eigenvalue weighted by Gasteiger charge is 2.49. The number of methoxy groups -OCH3 is 3. The van der Waals surface area contributed by atoms with Gasteiger partial charge in [-0.15, -0.1) is 0 Å². The molecule has 0 saturated carbocycles. The van der Waals surface area contributed by atoms with Crippen molar-refractivity contribution in [3.8, 4) is 17.2 Å². The van der Waals surface area contributed by atoms with Crippen LogP contribution in [0, 0.1) is 13.8 Å². The van der Waals surface area contributed by atoms with E-state index in [-0.39, 0.29) is 5.78 Å². The van der Waals surface area contributed by atoms with Crippen LogP contribution in [0.15, 0.2) is 54.6 Å². The average molecular weight is 402 g/mol. The summed E-state index contributed by atoms with van der Waals surface area (Å²) >= 11 is 0. The number of benzene rings is 3. The van der Waals surface area contributed by atoms with Crippen molar-refractivity contribution in [3.05, 3.63) is 88.0 Å². The average Bonchev–Trinajstić information content (AvgIpc) is 3.05. The number of aryl methyl sites for hydroxylation is 2. The maximum absolute atomic E-state index is 13.5. The van der Waals surface area contributed by atoms with Crippen LogP contribution < -0.4 is 14.2 Å². The Morgan fingerprint density at radius 2 is 1.50 bits per heavy atom. The molecule has 0 saturated heterocycles. The second-order valence-electron chi connectivity index (χ2n) is 7.76. The highest BCUT2D eigenvalue weighted by atomic mass is 16.5. The molecule has 0 heterocycles. The van der Waals surface area contributed by atoms with Gasteiger partial charge in [0, 0.05) is 6.42 Å². The van der Waals surface area contributed by atoms with Crippen LogP contribution in [0.2, 0.25) is 0 Å². The van der Waals surface area contributed by atoms with E-state index in [1.807, 2.05) is 24.3 Å². The van der Waals surface area contributed by atoms with Gasteiger partial charge in [-0.2, -0.15) is 0 Å². The Morgan fingerprint density at radius 1 is 0.800 bits per heavy atom. The third-order valence-corrected chi connectivity index (χ3v) is 6.10. The molecule has 3 aromatic rings. The van der Waals surface area contributed by atoms with Gasteiger partial charge >= 0.3 is 0 Å². The standard InChI is InChI=1S/C26H26O4/c1-16-11-12-19(17(2)13-16)26(18-9-7-6-8-10-18)15-21(27)23-20(26)14-22(28-3)24(29-4)25(23)30-5/h6-14H,15H2,1-5H3. The van der Waals surface area contributed by atoms with Gasteiger partial charge in [0.05, 0.1) is 32.3 Å². The fraction of sp³-hybridized carbons (Fsp3) is 0.269. The molecule has 0 radical (unpaired) electrons. The Kier molecular flexibility index (Phi) is 5.02. The van der Waals surface area contributed by atoms with Crippen molar-refractivity contribution in [2.75, 3.05) is 21.3 Å². The molecule has 0 amide bonds. The van der Waals surface area contributed by atoms with E-state index in [9.17, 15) is 4.79 Å². The fourth-order valence-corrected chi connectivity index (χ4v) is 4.86. The lowest BCUT2D eigenvalue weighted by molar-refractivity contribution is 0.0981. The number of carbonyl (C=O) groups excluding carboxylic acids is 1. The minimum atomic E-state index is -0.627. The quantitative estimate of drug-likeness (QED) is 0.585. The lowest BCUT2D eigenvalue weighted by atomic mass is 9.68. The van der Waals surface area contributed by atoms with Crippen molar-refractivity contribution in [1.29, 1.82) is 0 Å². The zero-order chi connectivity index (χ0) is 21.5. The smallest absolute Gasteiger partial charge is 0.204 e. The summed E-state index contributed by atoms with van der Waals surface area (Å²) in [5.74, 6) is 1.45. The Hall–Kier alpha value is -3.27. The highest BCUT2D eigenvalue weighted by Crippen LogP contribution is 2.56. The van der Waals surface area contributed by atoms with Gasteiger partial charge in [-0.3, -0.25) is 4.79 Å². The molecular formula is C26H26O4. The SMILES string of the molecule is COc1cc2c(c(OC)c1OC)C(=O)CC2(c1ccccc1)c1ccc(C)cc1C. The molecule has 0 aliphatic heterocycles. The Bertz CT molecular complexity index is 1120. The first-order valence-corrected chi connectivity index (χ1v) is 9.97. The van der Waals surface area contributed by atoms with E-state index in [2.05, 4.69) is 44.2 Å². The molecule has 0 bridgehead atoms. The van der Waals surface area contributed by atoms with Crippen LogP contribution in [-0.4, -0.2) is 27.1 Å². The number of hydrogen-bond donors (Lipinski definition) is 0. The summed E-state index contributed by atoms with van der Waals surface area (Å²) in [6.07, 6.45) is 0.322. The molecule has 3 aromatic carbocycles. The van der Waals surface area contributed by atoms with E-state index in [1.54, 1.807) is 21.3 Å². The van der Waals surface area contributed by atoms with Crippen LogP contribution >= 0.6 is 0 Å². The van der Waals surface area contributed by atoms with Crippen molar-refractivity contribution in [2.45, 2.75) is 25.7 Å². The molecule has 0 fully saturated rings. The molecule has 4 nitrogen and oxygen atoms in total. The van der Waals surface area contributed by atoms with E-state index < -0.39 is 5.41 Å². The largest absolute Gasteiger partial charge is 0.493 e. The van der Waals surface area contributed by atoms with E-state index >= 15 is 0 Å². The van der Waals surface area contributed by atoms with Crippen LogP contribution in [0.1, 0.15) is 44.6 Å². The van der Waals surface area contributed by atoms with Gasteiger partial charge in [-0.25, -0.2) is 0 Å². The third kappa shape index (κ3) is 2.78. The van der Waals surface area contributed by atoms with Gasteiger partial charge in [-0.05, 0) is 42.2 Å². The molecule has 1 atom stereocenters. The summed E-state index contributed by atoms with van der Waals surface area (Å²) in [6.45, 7) is 4.18. The first kappa shape index (κ1) is 20.0. The zero-order valence-electron chi connectivity index (χ0n) is 18.0. The van der Waals surface area contributed by atoms with Crippen molar-refractivity contribution >= 4 is 5.78 Å². The van der Waals surface area contributed by atoms with Crippen LogP contribution in [0.4, 0.5) is 0 Å². The number of Topliss-reactive ketones (excluding diaryl/α,β-unsaturated/α-hetero) is 1. The van der Waals surface area contributed by atoms with E-state index in [0.29, 0.717) is 29.2 Å². The van der Waals surface area contributed by atoms with Gasteiger partial charge in [-0.1, -0.05) is 54.1 Å². The van der Waals surface area contributed by atoms with Crippen LogP contribution in [0.5, 0.6) is 17.2 Å². The van der Waals surface area contributed by atoms with Gasteiger partial charge in [0.25, 0.3) is 0 Å². The molecule has 1 aliphatic carbocycles. The fourth-order valence-electron chi connectivity index (χ4n) is 4.86. The molecule has 1 aliphatic rings. The number of ether oxygens (including phenoxy) is 3. The van der Waals surface area contributed by atoms with Gasteiger partial charge in [0.2, 0.25) is 5.75 Å². The van der Waals surface area contributed by atoms with Crippen LogP contribution in [0.3, 0.4) is 0 Å². The lowest BCUT2D eigenvalue weighted by Crippen LogP contribution is -2.28. The predicted molar refractivity (Wildman–Crippen MR) is 117 cm³/mol. The Labute approximate surface area is 177 Å². The van der Waals surface area contributed by atoms with Crippen molar-refractivity contribution in [1.82, 2.24) is 0 Å². The minimum Gasteiger partial charge on any atom is -0.493 e. The van der Waals surface area contributed by atoms with E-state index in [0.717, 1.165) is 22.3 Å². The minimum absolute atomic E-state index is 0.0339. The summed E-state index contributed by atoms with van der Waals surface area (Å²) in [4.78, 5) is 13.5.